The number of aromatic nitrogens is 1. The van der Waals surface area contributed by atoms with E-state index in [0.717, 1.165) is 48.6 Å². The number of hydrogen-bond donors (Lipinski definition) is 0. The topological polar surface area (TPSA) is 68.7 Å². The highest BCUT2D eigenvalue weighted by atomic mass is 16.6. The number of nitrogens with zero attached hydrogens (tertiary/aromatic N) is 2. The van der Waals surface area contributed by atoms with Gasteiger partial charge in [0.15, 0.2) is 0 Å². The van der Waals surface area contributed by atoms with Gasteiger partial charge in [0.1, 0.15) is 17.6 Å². The van der Waals surface area contributed by atoms with Crippen molar-refractivity contribution in [3.63, 3.8) is 0 Å². The van der Waals surface area contributed by atoms with Crippen LogP contribution >= 0.6 is 0 Å². The Hall–Kier alpha value is -2.63. The molecule has 6 nitrogen and oxygen atoms in total. The summed E-state index contributed by atoms with van der Waals surface area (Å²) in [5, 5.41) is 1.13. The lowest BCUT2D eigenvalue weighted by molar-refractivity contribution is -0.109. The molecule has 2 aromatic rings. The molecule has 1 aromatic carbocycles. The monoisotopic (exact) mass is 426 g/mol. The quantitative estimate of drug-likeness (QED) is 0.581. The van der Waals surface area contributed by atoms with Gasteiger partial charge >= 0.3 is 6.09 Å². The third-order valence-electron chi connectivity index (χ3n) is 6.00. The van der Waals surface area contributed by atoms with Crippen LogP contribution in [0, 0.1) is 11.8 Å². The summed E-state index contributed by atoms with van der Waals surface area (Å²) in [6, 6.07) is 8.05. The number of carbonyl (C=O) groups is 2. The average Bonchev–Trinajstić information content (AvgIpc) is 2.73. The Bertz CT molecular complexity index is 906. The maximum absolute atomic E-state index is 12.4. The molecule has 3 rings (SSSR count). The van der Waals surface area contributed by atoms with Crippen molar-refractivity contribution in [2.45, 2.75) is 58.5 Å². The van der Waals surface area contributed by atoms with Crippen LogP contribution in [0.3, 0.4) is 0 Å². The first-order chi connectivity index (χ1) is 14.8. The predicted octanol–water partition coefficient (Wildman–Crippen LogP) is 5.03. The highest BCUT2D eigenvalue weighted by molar-refractivity contribution is 5.83. The number of benzene rings is 1. The summed E-state index contributed by atoms with van der Waals surface area (Å²) in [6.07, 6.45) is 6.97. The Morgan fingerprint density at radius 1 is 1.26 bits per heavy atom. The average molecular weight is 427 g/mol. The summed E-state index contributed by atoms with van der Waals surface area (Å²) in [6.45, 7) is 6.90. The lowest BCUT2D eigenvalue weighted by Gasteiger charge is -2.38. The van der Waals surface area contributed by atoms with E-state index in [1.807, 2.05) is 45.2 Å². The molecular formula is C25H34N2O4. The number of likely N-dealkylation sites (tertiary alicyclic amines) is 1. The number of carbonyl (C=O) groups excluding carboxylic acids is 2. The van der Waals surface area contributed by atoms with Crippen molar-refractivity contribution in [3.05, 3.63) is 36.0 Å². The first kappa shape index (κ1) is 23.0. The van der Waals surface area contributed by atoms with Gasteiger partial charge in [-0.2, -0.15) is 0 Å². The largest absolute Gasteiger partial charge is 0.497 e. The number of fused-ring (bicyclic) bond motifs is 1. The van der Waals surface area contributed by atoms with E-state index < -0.39 is 5.60 Å². The predicted molar refractivity (Wildman–Crippen MR) is 121 cm³/mol. The van der Waals surface area contributed by atoms with Crippen LogP contribution in [0.15, 0.2) is 30.5 Å². The molecule has 6 heteroatoms. The van der Waals surface area contributed by atoms with Crippen molar-refractivity contribution >= 4 is 23.3 Å². The Labute approximate surface area is 184 Å². The van der Waals surface area contributed by atoms with Crippen LogP contribution in [0.5, 0.6) is 5.75 Å². The van der Waals surface area contributed by atoms with Crippen molar-refractivity contribution in [3.8, 4) is 5.75 Å². The highest BCUT2D eigenvalue weighted by Crippen LogP contribution is 2.32. The maximum atomic E-state index is 12.4. The molecule has 31 heavy (non-hydrogen) atoms. The summed E-state index contributed by atoms with van der Waals surface area (Å²) >= 11 is 0. The van der Waals surface area contributed by atoms with E-state index in [0.29, 0.717) is 25.4 Å². The van der Waals surface area contributed by atoms with E-state index in [9.17, 15) is 9.59 Å². The summed E-state index contributed by atoms with van der Waals surface area (Å²) in [5.74, 6) is 1.46. The summed E-state index contributed by atoms with van der Waals surface area (Å²) in [7, 11) is 1.67. The fourth-order valence-corrected chi connectivity index (χ4v) is 4.43. The minimum Gasteiger partial charge on any atom is -0.497 e. The molecule has 0 aliphatic carbocycles. The lowest BCUT2D eigenvalue weighted by atomic mass is 9.80. The number of aryl methyl sites for hydroxylation is 1. The van der Waals surface area contributed by atoms with Crippen molar-refractivity contribution in [1.82, 2.24) is 9.88 Å². The number of amides is 1. The molecule has 0 bridgehead atoms. The van der Waals surface area contributed by atoms with Crippen molar-refractivity contribution in [2.75, 3.05) is 20.2 Å². The fraction of sp³-hybridized carbons (Fsp3) is 0.560. The van der Waals surface area contributed by atoms with Gasteiger partial charge in [-0.15, -0.1) is 0 Å². The van der Waals surface area contributed by atoms with E-state index in [1.165, 1.54) is 5.56 Å². The molecule has 0 saturated carbocycles. The van der Waals surface area contributed by atoms with Crippen molar-refractivity contribution in [1.29, 1.82) is 0 Å². The first-order valence-corrected chi connectivity index (χ1v) is 11.1. The Kier molecular flexibility index (Phi) is 7.52. The van der Waals surface area contributed by atoms with Gasteiger partial charge in [0.25, 0.3) is 0 Å². The maximum Gasteiger partial charge on any atom is 0.410 e. The second kappa shape index (κ2) is 10.1. The van der Waals surface area contributed by atoms with E-state index >= 15 is 0 Å². The molecule has 1 aliphatic heterocycles. The molecule has 168 valence electrons. The molecule has 1 aromatic heterocycles. The van der Waals surface area contributed by atoms with Gasteiger partial charge in [0.05, 0.1) is 12.6 Å². The van der Waals surface area contributed by atoms with Gasteiger partial charge in [-0.05, 0) is 88.1 Å². The number of ether oxygens (including phenoxy) is 2. The highest BCUT2D eigenvalue weighted by Gasteiger charge is 2.33. The standard InChI is InChI=1S/C25H34N2O4/c1-25(2,3)31-24(29)27-14-11-18(20(17-27)12-15-28)6-5-7-19-10-13-26-23-9-8-21(30-4)16-22(19)23/h8-10,13,15-16,18,20H,5-7,11-12,14,17H2,1-4H3/t18-,20+/m1/s1. The van der Waals surface area contributed by atoms with Gasteiger partial charge in [-0.25, -0.2) is 4.79 Å². The van der Waals surface area contributed by atoms with Crippen LogP contribution in [0.2, 0.25) is 0 Å². The molecule has 2 heterocycles. The zero-order valence-corrected chi connectivity index (χ0v) is 19.1. The summed E-state index contributed by atoms with van der Waals surface area (Å²) < 4.78 is 10.9. The number of rotatable bonds is 7. The van der Waals surface area contributed by atoms with Crippen molar-refractivity contribution in [2.24, 2.45) is 11.8 Å². The van der Waals surface area contributed by atoms with Gasteiger partial charge in [-0.3, -0.25) is 4.98 Å². The van der Waals surface area contributed by atoms with Crippen LogP contribution in [-0.2, 0) is 16.0 Å². The number of pyridine rings is 1. The van der Waals surface area contributed by atoms with E-state index in [4.69, 9.17) is 9.47 Å². The third-order valence-corrected chi connectivity index (χ3v) is 6.00. The summed E-state index contributed by atoms with van der Waals surface area (Å²) in [4.78, 5) is 29.9. The fourth-order valence-electron chi connectivity index (χ4n) is 4.43. The number of hydrogen-bond acceptors (Lipinski definition) is 5. The lowest BCUT2D eigenvalue weighted by Crippen LogP contribution is -2.46. The first-order valence-electron chi connectivity index (χ1n) is 11.1. The molecule has 1 saturated heterocycles. The van der Waals surface area contributed by atoms with Crippen LogP contribution in [0.25, 0.3) is 10.9 Å². The summed E-state index contributed by atoms with van der Waals surface area (Å²) in [5.41, 5.74) is 1.73. The molecule has 0 radical (unpaired) electrons. The van der Waals surface area contributed by atoms with Gasteiger partial charge in [0, 0.05) is 31.1 Å². The zero-order chi connectivity index (χ0) is 22.4. The number of aldehydes is 1. The second-order valence-corrected chi connectivity index (χ2v) is 9.38. The molecule has 2 atom stereocenters. The zero-order valence-electron chi connectivity index (χ0n) is 19.1. The molecule has 0 N–H and O–H groups in total. The molecular weight excluding hydrogens is 392 g/mol. The van der Waals surface area contributed by atoms with Gasteiger partial charge < -0.3 is 19.2 Å². The number of piperidine rings is 1. The Morgan fingerprint density at radius 3 is 2.77 bits per heavy atom. The second-order valence-electron chi connectivity index (χ2n) is 9.38. The molecule has 1 fully saturated rings. The SMILES string of the molecule is COc1ccc2nccc(CCC[C@@H]3CCN(C(=O)OC(C)(C)C)C[C@@H]3CC=O)c2c1. The van der Waals surface area contributed by atoms with E-state index in [-0.39, 0.29) is 12.0 Å². The van der Waals surface area contributed by atoms with Crippen molar-refractivity contribution < 1.29 is 19.1 Å². The normalized spacial score (nSPS) is 19.3. The molecule has 1 amide bonds. The van der Waals surface area contributed by atoms with Gasteiger partial charge in [0.2, 0.25) is 0 Å². The molecule has 0 unspecified atom stereocenters. The van der Waals surface area contributed by atoms with Crippen LogP contribution in [-0.4, -0.2) is 48.1 Å². The van der Waals surface area contributed by atoms with Crippen LogP contribution < -0.4 is 4.74 Å². The van der Waals surface area contributed by atoms with Gasteiger partial charge in [-0.1, -0.05) is 0 Å². The Morgan fingerprint density at radius 2 is 2.06 bits per heavy atom. The Balaban J connectivity index is 1.61. The van der Waals surface area contributed by atoms with E-state index in [1.54, 1.807) is 12.0 Å². The molecule has 1 aliphatic rings. The smallest absolute Gasteiger partial charge is 0.410 e. The van der Waals surface area contributed by atoms with E-state index in [2.05, 4.69) is 11.1 Å². The van der Waals surface area contributed by atoms with Crippen LogP contribution in [0.4, 0.5) is 4.79 Å². The molecule has 0 spiro atoms. The minimum atomic E-state index is -0.510. The number of methoxy groups -OCH3 is 1. The third kappa shape index (κ3) is 6.18. The van der Waals surface area contributed by atoms with Crippen LogP contribution in [0.1, 0.15) is 52.0 Å². The minimum absolute atomic E-state index is 0.188.